The predicted octanol–water partition coefficient (Wildman–Crippen LogP) is 3.64. The molecule has 2 fully saturated rings. The molecule has 0 spiro atoms. The fourth-order valence-electron chi connectivity index (χ4n) is 5.14. The maximum atomic E-state index is 13.8. The molecule has 0 atom stereocenters. The van der Waals surface area contributed by atoms with Gasteiger partial charge in [0.1, 0.15) is 4.83 Å². The number of fused-ring (bicyclic) bond motifs is 3. The molecule has 146 valence electrons. The molecule has 2 aromatic heterocycles. The fourth-order valence-corrected chi connectivity index (χ4v) is 6.39. The number of anilines is 1. The van der Waals surface area contributed by atoms with Crippen LogP contribution in [0.2, 0.25) is 0 Å². The lowest BCUT2D eigenvalue weighted by atomic mass is 9.95. The van der Waals surface area contributed by atoms with E-state index in [9.17, 15) is 4.79 Å². The molecule has 2 aliphatic carbocycles. The summed E-state index contributed by atoms with van der Waals surface area (Å²) in [5.74, 6) is 0.942. The number of nitrogens with one attached hydrogen (secondary N) is 1. The van der Waals surface area contributed by atoms with E-state index in [0.29, 0.717) is 6.04 Å². The highest BCUT2D eigenvalue weighted by Gasteiger charge is 2.28. The van der Waals surface area contributed by atoms with E-state index in [4.69, 9.17) is 4.98 Å². The summed E-state index contributed by atoms with van der Waals surface area (Å²) in [6.07, 6.45) is 11.9. The van der Waals surface area contributed by atoms with Crippen molar-refractivity contribution in [2.75, 3.05) is 31.1 Å². The van der Waals surface area contributed by atoms with Crippen molar-refractivity contribution in [1.29, 1.82) is 0 Å². The first-order valence-corrected chi connectivity index (χ1v) is 11.7. The summed E-state index contributed by atoms with van der Waals surface area (Å²) in [6, 6.07) is 0.328. The van der Waals surface area contributed by atoms with Crippen LogP contribution in [-0.4, -0.2) is 35.7 Å². The Kier molecular flexibility index (Phi) is 4.94. The van der Waals surface area contributed by atoms with Gasteiger partial charge >= 0.3 is 0 Å². The third-order valence-electron chi connectivity index (χ3n) is 6.59. The third-order valence-corrected chi connectivity index (χ3v) is 7.78. The Hall–Kier alpha value is -1.40. The Morgan fingerprint density at radius 3 is 2.52 bits per heavy atom. The van der Waals surface area contributed by atoms with Crippen LogP contribution >= 0.6 is 11.3 Å². The molecule has 5 nitrogen and oxygen atoms in total. The third kappa shape index (κ3) is 3.21. The van der Waals surface area contributed by atoms with E-state index in [1.807, 2.05) is 0 Å². The molecule has 1 N–H and O–H groups in total. The molecule has 1 saturated heterocycles. The van der Waals surface area contributed by atoms with Crippen LogP contribution in [0.1, 0.15) is 67.8 Å². The standard InChI is InChI=1S/C21H30N4OS/c26-20-18-16-9-5-2-6-10-17(16)27-19(18)23-21(24-13-11-22-12-14-24)25(20)15-7-3-1-4-8-15/h15,22H,1-14H2. The van der Waals surface area contributed by atoms with E-state index < -0.39 is 0 Å². The minimum atomic E-state index is 0.250. The van der Waals surface area contributed by atoms with E-state index in [2.05, 4.69) is 14.8 Å². The molecule has 2 aromatic rings. The minimum Gasteiger partial charge on any atom is -0.340 e. The molecule has 1 saturated carbocycles. The van der Waals surface area contributed by atoms with Gasteiger partial charge in [-0.1, -0.05) is 25.7 Å². The van der Waals surface area contributed by atoms with Gasteiger partial charge in [0, 0.05) is 37.1 Å². The van der Waals surface area contributed by atoms with E-state index in [0.717, 1.165) is 68.0 Å². The predicted molar refractivity (Wildman–Crippen MR) is 112 cm³/mol. The van der Waals surface area contributed by atoms with Gasteiger partial charge in [-0.3, -0.25) is 9.36 Å². The lowest BCUT2D eigenvalue weighted by Crippen LogP contribution is -2.46. The molecular weight excluding hydrogens is 356 g/mol. The number of aromatic nitrogens is 2. The van der Waals surface area contributed by atoms with E-state index in [1.54, 1.807) is 11.3 Å². The largest absolute Gasteiger partial charge is 0.340 e. The first kappa shape index (κ1) is 17.7. The summed E-state index contributed by atoms with van der Waals surface area (Å²) in [5.41, 5.74) is 1.58. The van der Waals surface area contributed by atoms with Crippen LogP contribution in [0.25, 0.3) is 10.2 Å². The summed E-state index contributed by atoms with van der Waals surface area (Å²) in [6.45, 7) is 3.82. The number of piperazine rings is 1. The highest BCUT2D eigenvalue weighted by Crippen LogP contribution is 2.36. The quantitative estimate of drug-likeness (QED) is 0.801. The summed E-state index contributed by atoms with van der Waals surface area (Å²) < 4.78 is 2.12. The number of thiophene rings is 1. The van der Waals surface area contributed by atoms with Crippen LogP contribution in [0.3, 0.4) is 0 Å². The summed E-state index contributed by atoms with van der Waals surface area (Å²) in [5, 5.41) is 4.39. The second-order valence-corrected chi connectivity index (χ2v) is 9.44. The lowest BCUT2D eigenvalue weighted by molar-refractivity contribution is 0.344. The Balaban J connectivity index is 1.70. The van der Waals surface area contributed by atoms with Crippen molar-refractivity contribution in [1.82, 2.24) is 14.9 Å². The average Bonchev–Trinajstić information content (AvgIpc) is 2.91. The smallest absolute Gasteiger partial charge is 0.264 e. The topological polar surface area (TPSA) is 50.2 Å². The van der Waals surface area contributed by atoms with E-state index in [-0.39, 0.29) is 5.56 Å². The van der Waals surface area contributed by atoms with Crippen molar-refractivity contribution in [2.45, 2.75) is 70.3 Å². The molecule has 0 unspecified atom stereocenters. The molecule has 6 heteroatoms. The summed E-state index contributed by atoms with van der Waals surface area (Å²) in [7, 11) is 0. The first-order chi connectivity index (χ1) is 13.3. The highest BCUT2D eigenvalue weighted by atomic mass is 32.1. The van der Waals surface area contributed by atoms with Crippen molar-refractivity contribution in [3.8, 4) is 0 Å². The molecular formula is C21H30N4OS. The molecule has 3 heterocycles. The molecule has 0 aromatic carbocycles. The number of hydrogen-bond acceptors (Lipinski definition) is 5. The average molecular weight is 387 g/mol. The van der Waals surface area contributed by atoms with Gasteiger partial charge in [0.2, 0.25) is 5.95 Å². The van der Waals surface area contributed by atoms with Crippen LogP contribution in [-0.2, 0) is 12.8 Å². The molecule has 5 rings (SSSR count). The summed E-state index contributed by atoms with van der Waals surface area (Å²) in [4.78, 5) is 23.7. The highest BCUT2D eigenvalue weighted by molar-refractivity contribution is 7.18. The van der Waals surface area contributed by atoms with Crippen LogP contribution < -0.4 is 15.8 Å². The van der Waals surface area contributed by atoms with Crippen molar-refractivity contribution in [2.24, 2.45) is 0 Å². The van der Waals surface area contributed by atoms with Crippen molar-refractivity contribution >= 4 is 27.5 Å². The van der Waals surface area contributed by atoms with Gasteiger partial charge < -0.3 is 10.2 Å². The van der Waals surface area contributed by atoms with Gasteiger partial charge in [0.15, 0.2) is 0 Å². The van der Waals surface area contributed by atoms with E-state index in [1.165, 1.54) is 49.0 Å². The zero-order valence-corrected chi connectivity index (χ0v) is 17.0. The van der Waals surface area contributed by atoms with Crippen LogP contribution in [0.5, 0.6) is 0 Å². The van der Waals surface area contributed by atoms with E-state index >= 15 is 0 Å². The normalized spacial score (nSPS) is 22.0. The second kappa shape index (κ2) is 7.55. The second-order valence-electron chi connectivity index (χ2n) is 8.36. The zero-order valence-electron chi connectivity index (χ0n) is 16.1. The van der Waals surface area contributed by atoms with Crippen molar-refractivity contribution < 1.29 is 0 Å². The van der Waals surface area contributed by atoms with Crippen LogP contribution in [0, 0.1) is 0 Å². The Morgan fingerprint density at radius 2 is 1.70 bits per heavy atom. The Bertz CT molecular complexity index is 874. The molecule has 0 amide bonds. The monoisotopic (exact) mass is 386 g/mol. The van der Waals surface area contributed by atoms with Crippen molar-refractivity contribution in [3.05, 3.63) is 20.8 Å². The molecule has 1 aliphatic heterocycles. The zero-order chi connectivity index (χ0) is 18.2. The SMILES string of the molecule is O=c1c2c3c(sc2nc(N2CCNCC2)n1C1CCCCC1)CCCCC3. The minimum absolute atomic E-state index is 0.250. The maximum Gasteiger partial charge on any atom is 0.264 e. The van der Waals surface area contributed by atoms with Crippen LogP contribution in [0.15, 0.2) is 4.79 Å². The molecule has 0 bridgehead atoms. The Morgan fingerprint density at radius 1 is 0.963 bits per heavy atom. The van der Waals surface area contributed by atoms with Gasteiger partial charge in [-0.25, -0.2) is 4.98 Å². The van der Waals surface area contributed by atoms with Crippen molar-refractivity contribution in [3.63, 3.8) is 0 Å². The van der Waals surface area contributed by atoms with Gasteiger partial charge in [-0.2, -0.15) is 0 Å². The molecule has 0 radical (unpaired) electrons. The summed E-state index contributed by atoms with van der Waals surface area (Å²) >= 11 is 1.79. The number of hydrogen-bond donors (Lipinski definition) is 1. The van der Waals surface area contributed by atoms with Gasteiger partial charge in [-0.15, -0.1) is 11.3 Å². The van der Waals surface area contributed by atoms with Crippen LogP contribution in [0.4, 0.5) is 5.95 Å². The fraction of sp³-hybridized carbons (Fsp3) is 0.714. The maximum absolute atomic E-state index is 13.8. The number of rotatable bonds is 2. The number of nitrogens with zero attached hydrogens (tertiary/aromatic N) is 3. The molecule has 3 aliphatic rings. The van der Waals surface area contributed by atoms with Gasteiger partial charge in [-0.05, 0) is 44.1 Å². The molecule has 27 heavy (non-hydrogen) atoms. The van der Waals surface area contributed by atoms with Gasteiger partial charge in [0.05, 0.1) is 5.39 Å². The lowest BCUT2D eigenvalue weighted by Gasteiger charge is -2.33. The van der Waals surface area contributed by atoms with Gasteiger partial charge in [0.25, 0.3) is 5.56 Å². The first-order valence-electron chi connectivity index (χ1n) is 10.9. The number of aryl methyl sites for hydroxylation is 2. The Labute approximate surface area is 164 Å².